The summed E-state index contributed by atoms with van der Waals surface area (Å²) in [6.45, 7) is 0. The van der Waals surface area contributed by atoms with Gasteiger partial charge in [-0.25, -0.2) is 15.0 Å². The van der Waals surface area contributed by atoms with E-state index in [4.69, 9.17) is 29.7 Å². The van der Waals surface area contributed by atoms with Crippen molar-refractivity contribution < 1.29 is 18.9 Å². The molecule has 0 aliphatic rings. The number of rotatable bonds is 6. The Labute approximate surface area is 179 Å². The zero-order valence-electron chi connectivity index (χ0n) is 17.7. The number of pyridine rings is 1. The van der Waals surface area contributed by atoms with Crippen LogP contribution >= 0.6 is 0 Å². The van der Waals surface area contributed by atoms with Gasteiger partial charge in [-0.05, 0) is 41.5 Å². The third-order valence-electron chi connectivity index (χ3n) is 4.97. The first-order valence-electron chi connectivity index (χ1n) is 9.45. The molecule has 0 aliphatic heterocycles. The standard InChI is InChI=1S/C23H22N4O4/c1-28-15-7-5-6-13(8-15)16-11-17(27-23-20(16)22(24)25-12-26-23)14-9-18(29-2)21(31-4)19(10-14)30-3/h5-12H,1-4H3,(H2,24,25,26,27). The first-order chi connectivity index (χ1) is 15.1. The van der Waals surface area contributed by atoms with E-state index >= 15 is 0 Å². The first-order valence-corrected chi connectivity index (χ1v) is 9.45. The fourth-order valence-corrected chi connectivity index (χ4v) is 3.48. The van der Waals surface area contributed by atoms with Crippen molar-refractivity contribution in [2.24, 2.45) is 0 Å². The molecule has 0 radical (unpaired) electrons. The Kier molecular flexibility index (Phi) is 5.44. The maximum Gasteiger partial charge on any atom is 0.203 e. The lowest BCUT2D eigenvalue weighted by Crippen LogP contribution is -2.00. The number of ether oxygens (including phenoxy) is 4. The van der Waals surface area contributed by atoms with Crippen LogP contribution in [-0.2, 0) is 0 Å². The highest BCUT2D eigenvalue weighted by Crippen LogP contribution is 2.42. The van der Waals surface area contributed by atoms with Gasteiger partial charge < -0.3 is 24.7 Å². The predicted octanol–water partition coefficient (Wildman–Crippen LogP) is 3.98. The second-order valence-corrected chi connectivity index (χ2v) is 6.66. The summed E-state index contributed by atoms with van der Waals surface area (Å²) in [7, 11) is 6.34. The van der Waals surface area contributed by atoms with Gasteiger partial charge in [0.1, 0.15) is 17.9 Å². The van der Waals surface area contributed by atoms with Crippen molar-refractivity contribution in [3.05, 3.63) is 48.8 Å². The molecule has 0 aliphatic carbocycles. The Hall–Kier alpha value is -4.07. The number of anilines is 1. The highest BCUT2D eigenvalue weighted by atomic mass is 16.5. The van der Waals surface area contributed by atoms with Crippen molar-refractivity contribution in [2.45, 2.75) is 0 Å². The van der Waals surface area contributed by atoms with Gasteiger partial charge in [-0.1, -0.05) is 12.1 Å². The molecule has 31 heavy (non-hydrogen) atoms. The van der Waals surface area contributed by atoms with E-state index in [1.165, 1.54) is 6.33 Å². The lowest BCUT2D eigenvalue weighted by Gasteiger charge is -2.15. The molecule has 4 rings (SSSR count). The number of hydrogen-bond donors (Lipinski definition) is 1. The van der Waals surface area contributed by atoms with Crippen molar-refractivity contribution in [3.63, 3.8) is 0 Å². The number of aromatic nitrogens is 3. The third-order valence-corrected chi connectivity index (χ3v) is 4.97. The lowest BCUT2D eigenvalue weighted by atomic mass is 9.99. The van der Waals surface area contributed by atoms with Gasteiger partial charge in [0.05, 0.1) is 39.5 Å². The van der Waals surface area contributed by atoms with Crippen molar-refractivity contribution >= 4 is 16.9 Å². The van der Waals surface area contributed by atoms with E-state index in [-0.39, 0.29) is 0 Å². The second-order valence-electron chi connectivity index (χ2n) is 6.66. The number of nitrogens with zero attached hydrogens (tertiary/aromatic N) is 3. The molecule has 0 unspecified atom stereocenters. The molecular formula is C23H22N4O4. The van der Waals surface area contributed by atoms with Gasteiger partial charge in [-0.2, -0.15) is 0 Å². The van der Waals surface area contributed by atoms with Crippen LogP contribution in [0.2, 0.25) is 0 Å². The summed E-state index contributed by atoms with van der Waals surface area (Å²) in [6, 6.07) is 13.3. The van der Waals surface area contributed by atoms with Crippen LogP contribution in [0.25, 0.3) is 33.4 Å². The van der Waals surface area contributed by atoms with Gasteiger partial charge in [0.15, 0.2) is 17.1 Å². The van der Waals surface area contributed by atoms with Crippen molar-refractivity contribution in [3.8, 4) is 45.4 Å². The van der Waals surface area contributed by atoms with E-state index in [2.05, 4.69) is 9.97 Å². The normalized spacial score (nSPS) is 10.7. The van der Waals surface area contributed by atoms with Crippen LogP contribution in [0, 0.1) is 0 Å². The van der Waals surface area contributed by atoms with Gasteiger partial charge in [-0.3, -0.25) is 0 Å². The summed E-state index contributed by atoms with van der Waals surface area (Å²) in [4.78, 5) is 13.2. The quantitative estimate of drug-likeness (QED) is 0.502. The van der Waals surface area contributed by atoms with Gasteiger partial charge in [0.2, 0.25) is 5.75 Å². The van der Waals surface area contributed by atoms with Crippen molar-refractivity contribution in [2.75, 3.05) is 34.2 Å². The van der Waals surface area contributed by atoms with E-state index in [1.54, 1.807) is 28.4 Å². The molecule has 0 amide bonds. The predicted molar refractivity (Wildman–Crippen MR) is 119 cm³/mol. The van der Waals surface area contributed by atoms with Gasteiger partial charge in [-0.15, -0.1) is 0 Å². The van der Waals surface area contributed by atoms with Gasteiger partial charge in [0.25, 0.3) is 0 Å². The molecule has 8 nitrogen and oxygen atoms in total. The molecule has 0 spiro atoms. The summed E-state index contributed by atoms with van der Waals surface area (Å²) in [5.41, 5.74) is 9.87. The number of nitrogen functional groups attached to an aromatic ring is 1. The molecule has 0 saturated carbocycles. The van der Waals surface area contributed by atoms with E-state index in [1.807, 2.05) is 42.5 Å². The Morgan fingerprint density at radius 1 is 0.774 bits per heavy atom. The molecule has 0 atom stereocenters. The first kappa shape index (κ1) is 20.2. The third kappa shape index (κ3) is 3.63. The number of nitrogens with two attached hydrogens (primary N) is 1. The SMILES string of the molecule is COc1cccc(-c2cc(-c3cc(OC)c(OC)c(OC)c3)nc3ncnc(N)c23)c1. The summed E-state index contributed by atoms with van der Waals surface area (Å²) >= 11 is 0. The number of methoxy groups -OCH3 is 4. The number of fused-ring (bicyclic) bond motifs is 1. The Morgan fingerprint density at radius 3 is 2.16 bits per heavy atom. The topological polar surface area (TPSA) is 102 Å². The minimum atomic E-state index is 0.353. The van der Waals surface area contributed by atoms with Crippen molar-refractivity contribution in [1.82, 2.24) is 15.0 Å². The Bertz CT molecular complexity index is 1230. The summed E-state index contributed by atoms with van der Waals surface area (Å²) in [5.74, 6) is 2.65. The Balaban J connectivity index is 2.01. The molecule has 0 saturated heterocycles. The van der Waals surface area contributed by atoms with E-state index in [0.717, 1.165) is 22.4 Å². The smallest absolute Gasteiger partial charge is 0.203 e. The Morgan fingerprint density at radius 2 is 1.52 bits per heavy atom. The van der Waals surface area contributed by atoms with Crippen molar-refractivity contribution in [1.29, 1.82) is 0 Å². The average molecular weight is 418 g/mol. The van der Waals surface area contributed by atoms with Gasteiger partial charge >= 0.3 is 0 Å². The molecule has 2 heterocycles. The lowest BCUT2D eigenvalue weighted by molar-refractivity contribution is 0.324. The summed E-state index contributed by atoms with van der Waals surface area (Å²) in [6.07, 6.45) is 1.40. The van der Waals surface area contributed by atoms with Crippen LogP contribution in [0.5, 0.6) is 23.0 Å². The number of benzene rings is 2. The summed E-state index contributed by atoms with van der Waals surface area (Å²) in [5, 5.41) is 0.673. The number of hydrogen-bond acceptors (Lipinski definition) is 8. The molecule has 158 valence electrons. The zero-order valence-corrected chi connectivity index (χ0v) is 17.7. The molecule has 2 aromatic heterocycles. The van der Waals surface area contributed by atoms with Crippen LogP contribution in [0.15, 0.2) is 48.8 Å². The van der Waals surface area contributed by atoms with E-state index in [9.17, 15) is 0 Å². The fraction of sp³-hybridized carbons (Fsp3) is 0.174. The van der Waals surface area contributed by atoms with Crippen LogP contribution in [0.3, 0.4) is 0 Å². The highest BCUT2D eigenvalue weighted by Gasteiger charge is 2.18. The zero-order chi connectivity index (χ0) is 22.0. The van der Waals surface area contributed by atoms with E-state index < -0.39 is 0 Å². The van der Waals surface area contributed by atoms with Crippen LogP contribution in [-0.4, -0.2) is 43.4 Å². The molecule has 8 heteroatoms. The molecule has 2 aromatic carbocycles. The maximum atomic E-state index is 6.20. The molecule has 0 fully saturated rings. The molecular weight excluding hydrogens is 396 g/mol. The molecule has 4 aromatic rings. The van der Waals surface area contributed by atoms with Crippen LogP contribution < -0.4 is 24.7 Å². The summed E-state index contributed by atoms with van der Waals surface area (Å²) < 4.78 is 21.8. The molecule has 2 N–H and O–H groups in total. The molecule has 0 bridgehead atoms. The maximum absolute atomic E-state index is 6.20. The minimum absolute atomic E-state index is 0.353. The monoisotopic (exact) mass is 418 g/mol. The van der Waals surface area contributed by atoms with Crippen LogP contribution in [0.1, 0.15) is 0 Å². The largest absolute Gasteiger partial charge is 0.497 e. The van der Waals surface area contributed by atoms with Crippen LogP contribution in [0.4, 0.5) is 5.82 Å². The minimum Gasteiger partial charge on any atom is -0.497 e. The van der Waals surface area contributed by atoms with Gasteiger partial charge in [0, 0.05) is 5.56 Å². The second kappa shape index (κ2) is 8.35. The average Bonchev–Trinajstić information content (AvgIpc) is 2.82. The fourth-order valence-electron chi connectivity index (χ4n) is 3.48. The highest BCUT2D eigenvalue weighted by molar-refractivity contribution is 6.01. The van der Waals surface area contributed by atoms with E-state index in [0.29, 0.717) is 39.8 Å².